The lowest BCUT2D eigenvalue weighted by atomic mass is 10.1. The summed E-state index contributed by atoms with van der Waals surface area (Å²) in [6.07, 6.45) is 6.35. The summed E-state index contributed by atoms with van der Waals surface area (Å²) in [5, 5.41) is 11.4. The number of rotatable bonds is 6. The van der Waals surface area contributed by atoms with Crippen LogP contribution in [0.2, 0.25) is 0 Å². The molecular formula is C14H21N5. The van der Waals surface area contributed by atoms with Crippen LogP contribution in [0.5, 0.6) is 0 Å². The normalized spacial score (nSPS) is 15.3. The average molecular weight is 259 g/mol. The van der Waals surface area contributed by atoms with E-state index in [1.807, 2.05) is 10.7 Å². The molecule has 1 aliphatic rings. The molecule has 2 heterocycles. The van der Waals surface area contributed by atoms with Crippen LogP contribution in [0.25, 0.3) is 5.52 Å². The molecule has 0 saturated heterocycles. The first kappa shape index (κ1) is 12.4. The van der Waals surface area contributed by atoms with E-state index in [9.17, 15) is 0 Å². The van der Waals surface area contributed by atoms with Gasteiger partial charge in [-0.25, -0.2) is 9.50 Å². The molecule has 0 spiro atoms. The maximum atomic E-state index is 4.56. The molecule has 0 aliphatic heterocycles. The molecule has 0 amide bonds. The van der Waals surface area contributed by atoms with Gasteiger partial charge in [-0.1, -0.05) is 13.8 Å². The van der Waals surface area contributed by atoms with Gasteiger partial charge in [0.1, 0.15) is 5.52 Å². The number of nitrogens with one attached hydrogen (secondary N) is 2. The lowest BCUT2D eigenvalue weighted by Crippen LogP contribution is -2.24. The van der Waals surface area contributed by atoms with Gasteiger partial charge in [0.05, 0.1) is 5.69 Å². The number of nitrogens with zero attached hydrogens (tertiary/aromatic N) is 3. The first-order chi connectivity index (χ1) is 9.24. The van der Waals surface area contributed by atoms with Gasteiger partial charge in [-0.2, -0.15) is 5.10 Å². The van der Waals surface area contributed by atoms with Crippen LogP contribution in [0.15, 0.2) is 18.5 Å². The van der Waals surface area contributed by atoms with Gasteiger partial charge in [0.25, 0.3) is 0 Å². The summed E-state index contributed by atoms with van der Waals surface area (Å²) >= 11 is 0. The van der Waals surface area contributed by atoms with Crippen molar-refractivity contribution in [3.63, 3.8) is 0 Å². The second-order valence-corrected chi connectivity index (χ2v) is 5.48. The van der Waals surface area contributed by atoms with Crippen molar-refractivity contribution in [1.82, 2.24) is 19.9 Å². The van der Waals surface area contributed by atoms with E-state index in [2.05, 4.69) is 40.6 Å². The lowest BCUT2D eigenvalue weighted by molar-refractivity contribution is 0.700. The minimum atomic E-state index is 0.435. The Hall–Kier alpha value is -1.62. The van der Waals surface area contributed by atoms with Crippen molar-refractivity contribution in [3.05, 3.63) is 24.2 Å². The van der Waals surface area contributed by atoms with Crippen LogP contribution in [-0.2, 0) is 0 Å². The number of aromatic nitrogens is 3. The summed E-state index contributed by atoms with van der Waals surface area (Å²) in [5.74, 6) is 1.35. The van der Waals surface area contributed by atoms with Crippen LogP contribution in [0, 0.1) is 0 Å². The second-order valence-electron chi connectivity index (χ2n) is 5.48. The molecule has 0 atom stereocenters. The maximum absolute atomic E-state index is 4.56. The molecule has 2 aromatic heterocycles. The highest BCUT2D eigenvalue weighted by atomic mass is 15.2. The van der Waals surface area contributed by atoms with Gasteiger partial charge < -0.3 is 10.6 Å². The average Bonchev–Trinajstić information content (AvgIpc) is 3.10. The van der Waals surface area contributed by atoms with Crippen molar-refractivity contribution in [2.45, 2.75) is 38.6 Å². The fourth-order valence-corrected chi connectivity index (χ4v) is 2.10. The topological polar surface area (TPSA) is 54.2 Å². The van der Waals surface area contributed by atoms with Gasteiger partial charge in [0, 0.05) is 31.5 Å². The van der Waals surface area contributed by atoms with Crippen LogP contribution in [0.3, 0.4) is 0 Å². The Labute approximate surface area is 113 Å². The Kier molecular flexibility index (Phi) is 3.38. The zero-order valence-corrected chi connectivity index (χ0v) is 11.6. The van der Waals surface area contributed by atoms with E-state index in [1.54, 1.807) is 6.20 Å². The molecule has 102 valence electrons. The third-order valence-electron chi connectivity index (χ3n) is 3.43. The Morgan fingerprint density at radius 2 is 2.21 bits per heavy atom. The molecule has 0 bridgehead atoms. The molecule has 5 nitrogen and oxygen atoms in total. The zero-order valence-electron chi connectivity index (χ0n) is 11.6. The summed E-state index contributed by atoms with van der Waals surface area (Å²) in [7, 11) is 0. The predicted molar refractivity (Wildman–Crippen MR) is 76.6 cm³/mol. The van der Waals surface area contributed by atoms with E-state index < -0.39 is 0 Å². The number of hydrogen-bond acceptors (Lipinski definition) is 4. The van der Waals surface area contributed by atoms with E-state index >= 15 is 0 Å². The molecule has 1 saturated carbocycles. The lowest BCUT2D eigenvalue weighted by Gasteiger charge is -2.07. The van der Waals surface area contributed by atoms with Crippen LogP contribution in [-0.4, -0.2) is 33.7 Å². The van der Waals surface area contributed by atoms with Gasteiger partial charge >= 0.3 is 0 Å². The van der Waals surface area contributed by atoms with Crippen molar-refractivity contribution in [2.75, 3.05) is 18.4 Å². The molecule has 1 fully saturated rings. The fourth-order valence-electron chi connectivity index (χ4n) is 2.10. The smallest absolute Gasteiger partial charge is 0.152 e. The SMILES string of the molecule is CC(C)c1cc2c(NCCNC3CC3)nccn2n1. The first-order valence-corrected chi connectivity index (χ1v) is 7.05. The van der Waals surface area contributed by atoms with E-state index in [4.69, 9.17) is 0 Å². The van der Waals surface area contributed by atoms with Gasteiger partial charge in [-0.05, 0) is 24.8 Å². The summed E-state index contributed by atoms with van der Waals surface area (Å²) in [6, 6.07) is 2.88. The van der Waals surface area contributed by atoms with Crippen LogP contribution >= 0.6 is 0 Å². The summed E-state index contributed by atoms with van der Waals surface area (Å²) in [4.78, 5) is 4.41. The monoisotopic (exact) mass is 259 g/mol. The molecule has 3 rings (SSSR count). The molecule has 0 unspecified atom stereocenters. The van der Waals surface area contributed by atoms with Crippen LogP contribution < -0.4 is 10.6 Å². The van der Waals surface area contributed by atoms with Gasteiger partial charge in [0.15, 0.2) is 5.82 Å². The van der Waals surface area contributed by atoms with Crippen LogP contribution in [0.1, 0.15) is 38.3 Å². The molecule has 1 aliphatic carbocycles. The van der Waals surface area contributed by atoms with E-state index in [0.717, 1.165) is 36.2 Å². The summed E-state index contributed by atoms with van der Waals surface area (Å²) in [6.45, 7) is 6.19. The molecule has 0 aromatic carbocycles. The first-order valence-electron chi connectivity index (χ1n) is 7.05. The van der Waals surface area contributed by atoms with Gasteiger partial charge in [-0.15, -0.1) is 0 Å². The standard InChI is InChI=1S/C14H21N5/c1-10(2)12-9-13-14(17-7-8-19(13)18-12)16-6-5-15-11-3-4-11/h7-11,15H,3-6H2,1-2H3,(H,16,17). The number of anilines is 1. The van der Waals surface area contributed by atoms with Crippen molar-refractivity contribution >= 4 is 11.3 Å². The number of hydrogen-bond donors (Lipinski definition) is 2. The maximum Gasteiger partial charge on any atom is 0.152 e. The van der Waals surface area contributed by atoms with Crippen molar-refractivity contribution in [1.29, 1.82) is 0 Å². The molecule has 2 aromatic rings. The molecule has 5 heteroatoms. The highest BCUT2D eigenvalue weighted by Crippen LogP contribution is 2.20. The Morgan fingerprint density at radius 3 is 2.95 bits per heavy atom. The van der Waals surface area contributed by atoms with E-state index in [1.165, 1.54) is 12.8 Å². The highest BCUT2D eigenvalue weighted by molar-refractivity contribution is 5.67. The van der Waals surface area contributed by atoms with Crippen molar-refractivity contribution < 1.29 is 0 Å². The van der Waals surface area contributed by atoms with Crippen molar-refractivity contribution in [3.8, 4) is 0 Å². The van der Waals surface area contributed by atoms with E-state index in [0.29, 0.717) is 5.92 Å². The Balaban J connectivity index is 1.70. The largest absolute Gasteiger partial charge is 0.367 e. The van der Waals surface area contributed by atoms with Gasteiger partial charge in [-0.3, -0.25) is 0 Å². The van der Waals surface area contributed by atoms with E-state index in [-0.39, 0.29) is 0 Å². The fraction of sp³-hybridized carbons (Fsp3) is 0.571. The zero-order chi connectivity index (χ0) is 13.2. The molecule has 2 N–H and O–H groups in total. The quantitative estimate of drug-likeness (QED) is 0.779. The minimum Gasteiger partial charge on any atom is -0.367 e. The van der Waals surface area contributed by atoms with Gasteiger partial charge in [0.2, 0.25) is 0 Å². The summed E-state index contributed by atoms with van der Waals surface area (Å²) < 4.78 is 1.90. The Morgan fingerprint density at radius 1 is 1.37 bits per heavy atom. The van der Waals surface area contributed by atoms with Crippen LogP contribution in [0.4, 0.5) is 5.82 Å². The second kappa shape index (κ2) is 5.17. The molecule has 0 radical (unpaired) electrons. The molecular weight excluding hydrogens is 238 g/mol. The minimum absolute atomic E-state index is 0.435. The summed E-state index contributed by atoms with van der Waals surface area (Å²) in [5.41, 5.74) is 2.16. The number of fused-ring (bicyclic) bond motifs is 1. The highest BCUT2D eigenvalue weighted by Gasteiger charge is 2.19. The Bertz CT molecular complexity index is 556. The third kappa shape index (κ3) is 2.87. The predicted octanol–water partition coefficient (Wildman–Crippen LogP) is 2.02. The molecule has 19 heavy (non-hydrogen) atoms. The third-order valence-corrected chi connectivity index (χ3v) is 3.43. The van der Waals surface area contributed by atoms with Crippen molar-refractivity contribution in [2.24, 2.45) is 0 Å².